The Balaban J connectivity index is 2.90. The first-order valence-electron chi connectivity index (χ1n) is 6.07. The third-order valence-corrected chi connectivity index (χ3v) is 2.76. The molecule has 1 aromatic carbocycles. The number of rotatable bonds is 6. The Morgan fingerprint density at radius 2 is 1.67 bits per heavy atom. The van der Waals surface area contributed by atoms with E-state index in [-0.39, 0.29) is 18.1 Å². The van der Waals surface area contributed by atoms with Crippen molar-refractivity contribution < 1.29 is 19.4 Å². The molecular weight excluding hydrogens is 282 g/mol. The second-order valence-corrected chi connectivity index (χ2v) is 4.75. The molecule has 0 saturated heterocycles. The number of nitrogens with zero attached hydrogens (tertiary/aromatic N) is 2. The van der Waals surface area contributed by atoms with Crippen molar-refractivity contribution in [3.8, 4) is 0 Å². The topological polar surface area (TPSA) is 139 Å². The normalized spacial score (nSPS) is 12.0. The maximum absolute atomic E-state index is 11.6. The molecule has 0 heterocycles. The van der Waals surface area contributed by atoms with E-state index in [9.17, 15) is 25.0 Å². The number of carbonyl (C=O) groups excluding carboxylic acids is 1. The molecule has 1 aromatic rings. The van der Waals surface area contributed by atoms with Gasteiger partial charge in [0.05, 0.1) is 15.9 Å². The highest BCUT2D eigenvalue weighted by molar-refractivity contribution is 5.75. The van der Waals surface area contributed by atoms with Gasteiger partial charge in [-0.15, -0.1) is 0 Å². The molecule has 1 atom stereocenters. The number of nitro groups is 2. The SMILES string of the molecule is CC(C)[C@H](N)C(=O)OCc1cc([N+](=O)[O-])cc([N+](=O)[O-])c1. The Labute approximate surface area is 120 Å². The summed E-state index contributed by atoms with van der Waals surface area (Å²) in [5, 5.41) is 21.4. The second-order valence-electron chi connectivity index (χ2n) is 4.75. The molecule has 114 valence electrons. The highest BCUT2D eigenvalue weighted by Crippen LogP contribution is 2.23. The number of ether oxygens (including phenoxy) is 1. The zero-order valence-electron chi connectivity index (χ0n) is 11.5. The minimum Gasteiger partial charge on any atom is -0.460 e. The molecular formula is C12H15N3O6. The van der Waals surface area contributed by atoms with E-state index < -0.39 is 33.2 Å². The summed E-state index contributed by atoms with van der Waals surface area (Å²) in [4.78, 5) is 31.5. The first-order valence-corrected chi connectivity index (χ1v) is 6.07. The van der Waals surface area contributed by atoms with E-state index in [0.29, 0.717) is 0 Å². The molecule has 1 rings (SSSR count). The van der Waals surface area contributed by atoms with Gasteiger partial charge >= 0.3 is 5.97 Å². The predicted octanol–water partition coefficient (Wildman–Crippen LogP) is 1.53. The molecule has 0 aliphatic heterocycles. The van der Waals surface area contributed by atoms with Gasteiger partial charge in [-0.2, -0.15) is 0 Å². The molecule has 0 aliphatic rings. The van der Waals surface area contributed by atoms with Crippen molar-refractivity contribution >= 4 is 17.3 Å². The van der Waals surface area contributed by atoms with Crippen LogP contribution in [0, 0.1) is 26.1 Å². The smallest absolute Gasteiger partial charge is 0.323 e. The van der Waals surface area contributed by atoms with E-state index in [0.717, 1.165) is 18.2 Å². The van der Waals surface area contributed by atoms with Gasteiger partial charge in [0.1, 0.15) is 12.6 Å². The molecule has 0 unspecified atom stereocenters. The lowest BCUT2D eigenvalue weighted by atomic mass is 10.1. The van der Waals surface area contributed by atoms with Crippen LogP contribution in [0.1, 0.15) is 19.4 Å². The van der Waals surface area contributed by atoms with E-state index in [1.807, 2.05) is 0 Å². The van der Waals surface area contributed by atoms with E-state index in [1.54, 1.807) is 13.8 Å². The Morgan fingerprint density at radius 3 is 2.05 bits per heavy atom. The molecule has 0 bridgehead atoms. The van der Waals surface area contributed by atoms with Gasteiger partial charge in [-0.1, -0.05) is 13.8 Å². The molecule has 2 N–H and O–H groups in total. The molecule has 0 aliphatic carbocycles. The van der Waals surface area contributed by atoms with Crippen molar-refractivity contribution in [2.75, 3.05) is 0 Å². The lowest BCUT2D eigenvalue weighted by Gasteiger charge is -2.14. The monoisotopic (exact) mass is 297 g/mol. The summed E-state index contributed by atoms with van der Waals surface area (Å²) in [6.07, 6.45) is 0. The summed E-state index contributed by atoms with van der Waals surface area (Å²) in [7, 11) is 0. The van der Waals surface area contributed by atoms with E-state index in [1.165, 1.54) is 0 Å². The highest BCUT2D eigenvalue weighted by Gasteiger charge is 2.20. The average Bonchev–Trinajstić information content (AvgIpc) is 2.43. The summed E-state index contributed by atoms with van der Waals surface area (Å²) in [6, 6.07) is 2.24. The van der Waals surface area contributed by atoms with Crippen LogP contribution in [0.25, 0.3) is 0 Å². The van der Waals surface area contributed by atoms with Crippen molar-refractivity contribution in [1.82, 2.24) is 0 Å². The van der Waals surface area contributed by atoms with Crippen LogP contribution in [0.3, 0.4) is 0 Å². The molecule has 21 heavy (non-hydrogen) atoms. The number of non-ortho nitro benzene ring substituents is 2. The Hall–Kier alpha value is -2.55. The summed E-state index contributed by atoms with van der Waals surface area (Å²) < 4.78 is 4.91. The minimum atomic E-state index is -0.821. The summed E-state index contributed by atoms with van der Waals surface area (Å²) >= 11 is 0. The zero-order valence-corrected chi connectivity index (χ0v) is 11.5. The van der Waals surface area contributed by atoms with Crippen molar-refractivity contribution in [3.05, 3.63) is 44.0 Å². The number of carbonyl (C=O) groups is 1. The standard InChI is InChI=1S/C12H15N3O6/c1-7(2)11(13)12(16)21-6-8-3-9(14(17)18)5-10(4-8)15(19)20/h3-5,7,11H,6,13H2,1-2H3/t11-/m0/s1. The van der Waals surface area contributed by atoms with Crippen LogP contribution in [0.15, 0.2) is 18.2 Å². The van der Waals surface area contributed by atoms with E-state index in [2.05, 4.69) is 0 Å². The van der Waals surface area contributed by atoms with Crippen LogP contribution in [0.5, 0.6) is 0 Å². The van der Waals surface area contributed by atoms with Crippen molar-refractivity contribution in [2.24, 2.45) is 11.7 Å². The number of esters is 1. The van der Waals surface area contributed by atoms with Gasteiger partial charge in [0.15, 0.2) is 0 Å². The van der Waals surface area contributed by atoms with Gasteiger partial charge in [-0.3, -0.25) is 25.0 Å². The Bertz CT molecular complexity index is 540. The minimum absolute atomic E-state index is 0.128. The number of hydrogen-bond donors (Lipinski definition) is 1. The van der Waals surface area contributed by atoms with Crippen molar-refractivity contribution in [3.63, 3.8) is 0 Å². The largest absolute Gasteiger partial charge is 0.460 e. The summed E-state index contributed by atoms with van der Waals surface area (Å²) in [6.45, 7) is 3.16. The fraction of sp³-hybridized carbons (Fsp3) is 0.417. The van der Waals surface area contributed by atoms with Crippen LogP contribution in [-0.2, 0) is 16.1 Å². The van der Waals surface area contributed by atoms with Crippen molar-refractivity contribution in [2.45, 2.75) is 26.5 Å². The quantitative estimate of drug-likeness (QED) is 0.477. The Kier molecular flexibility index (Phi) is 5.30. The van der Waals surface area contributed by atoms with Gasteiger partial charge in [-0.05, 0) is 5.92 Å². The van der Waals surface area contributed by atoms with Gasteiger partial charge in [0.2, 0.25) is 0 Å². The third-order valence-electron chi connectivity index (χ3n) is 2.76. The number of nitro benzene ring substituents is 2. The van der Waals surface area contributed by atoms with Crippen LogP contribution < -0.4 is 5.73 Å². The Morgan fingerprint density at radius 1 is 1.19 bits per heavy atom. The lowest BCUT2D eigenvalue weighted by molar-refractivity contribution is -0.394. The highest BCUT2D eigenvalue weighted by atomic mass is 16.6. The molecule has 0 aromatic heterocycles. The van der Waals surface area contributed by atoms with Gasteiger partial charge in [-0.25, -0.2) is 0 Å². The fourth-order valence-electron chi connectivity index (χ4n) is 1.47. The first-order chi connectivity index (χ1) is 9.72. The van der Waals surface area contributed by atoms with Gasteiger partial charge in [0.25, 0.3) is 11.4 Å². The molecule has 0 fully saturated rings. The molecule has 0 saturated carbocycles. The maximum atomic E-state index is 11.6. The molecule has 9 heteroatoms. The number of benzene rings is 1. The predicted molar refractivity (Wildman–Crippen MR) is 72.4 cm³/mol. The summed E-state index contributed by atoms with van der Waals surface area (Å²) in [5.41, 5.74) is 4.86. The average molecular weight is 297 g/mol. The maximum Gasteiger partial charge on any atom is 0.323 e. The summed E-state index contributed by atoms with van der Waals surface area (Å²) in [5.74, 6) is -0.795. The molecule has 0 spiro atoms. The van der Waals surface area contributed by atoms with Crippen LogP contribution in [0.2, 0.25) is 0 Å². The van der Waals surface area contributed by atoms with E-state index in [4.69, 9.17) is 10.5 Å². The first kappa shape index (κ1) is 16.5. The number of nitrogens with two attached hydrogens (primary N) is 1. The molecule has 0 amide bonds. The second kappa shape index (κ2) is 6.75. The number of hydrogen-bond acceptors (Lipinski definition) is 7. The lowest BCUT2D eigenvalue weighted by Crippen LogP contribution is -2.36. The van der Waals surface area contributed by atoms with E-state index >= 15 is 0 Å². The molecule has 9 nitrogen and oxygen atoms in total. The van der Waals surface area contributed by atoms with Gasteiger partial charge < -0.3 is 10.5 Å². The fourth-order valence-corrected chi connectivity index (χ4v) is 1.47. The van der Waals surface area contributed by atoms with Gasteiger partial charge in [0, 0.05) is 17.7 Å². The third kappa shape index (κ3) is 4.49. The molecule has 0 radical (unpaired) electrons. The van der Waals surface area contributed by atoms with Crippen molar-refractivity contribution in [1.29, 1.82) is 0 Å². The van der Waals surface area contributed by atoms with Crippen LogP contribution in [-0.4, -0.2) is 21.9 Å². The van der Waals surface area contributed by atoms with Crippen LogP contribution >= 0.6 is 0 Å². The van der Waals surface area contributed by atoms with Crippen LogP contribution in [0.4, 0.5) is 11.4 Å². The zero-order chi connectivity index (χ0) is 16.2.